The molecule has 0 amide bonds. The van der Waals surface area contributed by atoms with Crippen molar-refractivity contribution < 1.29 is 5.11 Å². The Balaban J connectivity index is 2.47. The third kappa shape index (κ3) is 4.89. The van der Waals surface area contributed by atoms with Crippen LogP contribution >= 0.6 is 0 Å². The Morgan fingerprint density at radius 1 is 1.28 bits per heavy atom. The van der Waals surface area contributed by atoms with Crippen molar-refractivity contribution in [2.75, 3.05) is 26.2 Å². The average molecular weight is 255 g/mol. The summed E-state index contributed by atoms with van der Waals surface area (Å²) in [6.07, 6.45) is 6.35. The average Bonchev–Trinajstić information content (AvgIpc) is 2.55. The van der Waals surface area contributed by atoms with Crippen LogP contribution in [0.5, 0.6) is 0 Å². The maximum Gasteiger partial charge on any atom is 0.0497 e. The molecule has 108 valence electrons. The summed E-state index contributed by atoms with van der Waals surface area (Å²) in [4.78, 5) is 2.59. The maximum absolute atomic E-state index is 9.63. The predicted molar refractivity (Wildman–Crippen MR) is 78.7 cm³/mol. The lowest BCUT2D eigenvalue weighted by molar-refractivity contribution is 0.0804. The topological polar surface area (TPSA) is 23.5 Å². The molecule has 1 heterocycles. The van der Waals surface area contributed by atoms with Crippen molar-refractivity contribution in [2.45, 2.75) is 59.8 Å². The van der Waals surface area contributed by atoms with Gasteiger partial charge in [-0.1, -0.05) is 34.1 Å². The van der Waals surface area contributed by atoms with Crippen LogP contribution in [0.25, 0.3) is 0 Å². The lowest BCUT2D eigenvalue weighted by atomic mass is 9.86. The summed E-state index contributed by atoms with van der Waals surface area (Å²) in [5.41, 5.74) is 0.104. The minimum Gasteiger partial charge on any atom is -0.396 e. The fourth-order valence-electron chi connectivity index (χ4n) is 3.36. The van der Waals surface area contributed by atoms with Crippen LogP contribution < -0.4 is 0 Å². The van der Waals surface area contributed by atoms with E-state index in [1.165, 1.54) is 38.8 Å². The van der Waals surface area contributed by atoms with Crippen LogP contribution in [0.2, 0.25) is 0 Å². The Hall–Kier alpha value is -0.0800. The molecule has 2 unspecified atom stereocenters. The fourth-order valence-corrected chi connectivity index (χ4v) is 3.36. The summed E-state index contributed by atoms with van der Waals surface area (Å²) < 4.78 is 0. The van der Waals surface area contributed by atoms with E-state index in [2.05, 4.69) is 32.6 Å². The highest BCUT2D eigenvalue weighted by molar-refractivity contribution is 4.80. The van der Waals surface area contributed by atoms with Gasteiger partial charge in [-0.25, -0.2) is 0 Å². The van der Waals surface area contributed by atoms with Gasteiger partial charge in [-0.05, 0) is 50.6 Å². The minimum atomic E-state index is 0.104. The summed E-state index contributed by atoms with van der Waals surface area (Å²) >= 11 is 0. The van der Waals surface area contributed by atoms with Gasteiger partial charge < -0.3 is 10.0 Å². The number of aliphatic hydroxyl groups is 1. The highest BCUT2D eigenvalue weighted by atomic mass is 16.3. The van der Waals surface area contributed by atoms with Crippen molar-refractivity contribution in [1.82, 2.24) is 4.90 Å². The van der Waals surface area contributed by atoms with E-state index in [0.717, 1.165) is 24.8 Å². The lowest BCUT2D eigenvalue weighted by Gasteiger charge is -2.33. The highest BCUT2D eigenvalue weighted by Gasteiger charge is 2.27. The number of hydrogen-bond acceptors (Lipinski definition) is 2. The third-order valence-corrected chi connectivity index (χ3v) is 4.65. The second-order valence-electron chi connectivity index (χ2n) is 6.93. The molecule has 0 spiro atoms. The van der Waals surface area contributed by atoms with Gasteiger partial charge in [0.15, 0.2) is 0 Å². The first-order chi connectivity index (χ1) is 8.50. The monoisotopic (exact) mass is 255 g/mol. The molecule has 18 heavy (non-hydrogen) atoms. The zero-order chi connectivity index (χ0) is 13.6. The van der Waals surface area contributed by atoms with Gasteiger partial charge in [0.2, 0.25) is 0 Å². The number of rotatable bonds is 6. The van der Waals surface area contributed by atoms with Crippen LogP contribution in [-0.2, 0) is 0 Å². The van der Waals surface area contributed by atoms with Crippen LogP contribution in [0, 0.1) is 17.3 Å². The maximum atomic E-state index is 9.63. The largest absolute Gasteiger partial charge is 0.396 e. The molecule has 1 fully saturated rings. The van der Waals surface area contributed by atoms with E-state index in [1.54, 1.807) is 0 Å². The molecule has 2 nitrogen and oxygen atoms in total. The SMILES string of the molecule is CCCC(C)(CO)CN1CCCC(C(C)C)CC1. The molecule has 0 aromatic rings. The molecule has 0 aromatic heterocycles. The van der Waals surface area contributed by atoms with Gasteiger partial charge in [0.1, 0.15) is 0 Å². The fraction of sp³-hybridized carbons (Fsp3) is 1.00. The molecular weight excluding hydrogens is 222 g/mol. The summed E-state index contributed by atoms with van der Waals surface area (Å²) in [7, 11) is 0. The van der Waals surface area contributed by atoms with E-state index < -0.39 is 0 Å². The summed E-state index contributed by atoms with van der Waals surface area (Å²) in [6, 6.07) is 0. The smallest absolute Gasteiger partial charge is 0.0497 e. The van der Waals surface area contributed by atoms with Gasteiger partial charge in [0.05, 0.1) is 0 Å². The van der Waals surface area contributed by atoms with E-state index >= 15 is 0 Å². The van der Waals surface area contributed by atoms with Gasteiger partial charge in [-0.15, -0.1) is 0 Å². The van der Waals surface area contributed by atoms with Crippen molar-refractivity contribution >= 4 is 0 Å². The summed E-state index contributed by atoms with van der Waals surface area (Å²) in [5.74, 6) is 1.73. The van der Waals surface area contributed by atoms with Crippen LogP contribution in [0.3, 0.4) is 0 Å². The molecule has 0 saturated carbocycles. The third-order valence-electron chi connectivity index (χ3n) is 4.65. The van der Waals surface area contributed by atoms with E-state index in [1.807, 2.05) is 0 Å². The molecule has 0 aromatic carbocycles. The van der Waals surface area contributed by atoms with Crippen molar-refractivity contribution in [1.29, 1.82) is 0 Å². The zero-order valence-corrected chi connectivity index (χ0v) is 12.9. The Bertz CT molecular complexity index is 229. The van der Waals surface area contributed by atoms with Crippen LogP contribution in [0.15, 0.2) is 0 Å². The second kappa shape index (κ2) is 7.49. The number of hydrogen-bond donors (Lipinski definition) is 1. The first kappa shape index (κ1) is 16.0. The van der Waals surface area contributed by atoms with Gasteiger partial charge in [-0.3, -0.25) is 0 Å². The van der Waals surface area contributed by atoms with Crippen LogP contribution in [0.1, 0.15) is 59.8 Å². The van der Waals surface area contributed by atoms with Crippen LogP contribution in [0.4, 0.5) is 0 Å². The Kier molecular flexibility index (Phi) is 6.65. The van der Waals surface area contributed by atoms with E-state index in [4.69, 9.17) is 0 Å². The summed E-state index contributed by atoms with van der Waals surface area (Å²) in [6.45, 7) is 13.0. The Labute approximate surface area is 114 Å². The zero-order valence-electron chi connectivity index (χ0n) is 12.9. The van der Waals surface area contributed by atoms with Gasteiger partial charge in [0, 0.05) is 18.6 Å². The number of likely N-dealkylation sites (tertiary alicyclic amines) is 1. The molecule has 1 saturated heterocycles. The van der Waals surface area contributed by atoms with Crippen molar-refractivity contribution in [3.63, 3.8) is 0 Å². The van der Waals surface area contributed by atoms with Gasteiger partial charge in [0.25, 0.3) is 0 Å². The minimum absolute atomic E-state index is 0.104. The molecule has 1 N–H and O–H groups in total. The molecule has 0 bridgehead atoms. The quantitative estimate of drug-likeness (QED) is 0.784. The summed E-state index contributed by atoms with van der Waals surface area (Å²) in [5, 5.41) is 9.63. The van der Waals surface area contributed by atoms with E-state index in [-0.39, 0.29) is 5.41 Å². The standard InChI is InChI=1S/C16H33NO/c1-5-9-16(4,13-18)12-17-10-6-7-15(8-11-17)14(2)3/h14-15,18H,5-13H2,1-4H3. The molecule has 1 aliphatic heterocycles. The molecule has 0 aliphatic carbocycles. The first-order valence-corrected chi connectivity index (χ1v) is 7.84. The predicted octanol–water partition coefficient (Wildman–Crippen LogP) is 3.54. The Morgan fingerprint density at radius 3 is 2.56 bits per heavy atom. The van der Waals surface area contributed by atoms with Crippen molar-refractivity contribution in [2.24, 2.45) is 17.3 Å². The molecular formula is C16H33NO. The Morgan fingerprint density at radius 2 is 2.00 bits per heavy atom. The normalized spacial score (nSPS) is 26.0. The lowest BCUT2D eigenvalue weighted by Crippen LogP contribution is -2.39. The van der Waals surface area contributed by atoms with E-state index in [0.29, 0.717) is 6.61 Å². The van der Waals surface area contributed by atoms with E-state index in [9.17, 15) is 5.11 Å². The van der Waals surface area contributed by atoms with Crippen molar-refractivity contribution in [3.05, 3.63) is 0 Å². The number of nitrogens with zero attached hydrogens (tertiary/aromatic N) is 1. The van der Waals surface area contributed by atoms with Gasteiger partial charge >= 0.3 is 0 Å². The molecule has 1 aliphatic rings. The highest BCUT2D eigenvalue weighted by Crippen LogP contribution is 2.28. The molecule has 2 atom stereocenters. The number of aliphatic hydroxyl groups excluding tert-OH is 1. The molecule has 2 heteroatoms. The molecule has 0 radical (unpaired) electrons. The second-order valence-corrected chi connectivity index (χ2v) is 6.93. The first-order valence-electron chi connectivity index (χ1n) is 7.84. The van der Waals surface area contributed by atoms with Crippen LogP contribution in [-0.4, -0.2) is 36.2 Å². The molecule has 1 rings (SSSR count). The van der Waals surface area contributed by atoms with Gasteiger partial charge in [-0.2, -0.15) is 0 Å². The van der Waals surface area contributed by atoms with Crippen molar-refractivity contribution in [3.8, 4) is 0 Å².